The summed E-state index contributed by atoms with van der Waals surface area (Å²) in [6.45, 7) is 3.64. The molecule has 0 aliphatic carbocycles. The quantitative estimate of drug-likeness (QED) is 0.704. The number of benzene rings is 1. The average molecular weight is 410 g/mol. The van der Waals surface area contributed by atoms with E-state index in [0.717, 1.165) is 16.8 Å². The van der Waals surface area contributed by atoms with Crippen LogP contribution in [0.25, 0.3) is 0 Å². The average Bonchev–Trinajstić information content (AvgIpc) is 2.69. The first kappa shape index (κ1) is 20.7. The molecule has 0 saturated carbocycles. The minimum absolute atomic E-state index is 0.213. The number of carbonyl (C=O) groups is 1. The Hall–Kier alpha value is -3.04. The molecular formula is C19H21F3N4O3. The number of piperazine rings is 1. The van der Waals surface area contributed by atoms with Crippen LogP contribution in [0.15, 0.2) is 41.2 Å². The Morgan fingerprint density at radius 2 is 1.79 bits per heavy atom. The van der Waals surface area contributed by atoms with Crippen LogP contribution in [-0.4, -0.2) is 48.5 Å². The highest BCUT2D eigenvalue weighted by Crippen LogP contribution is 2.32. The van der Waals surface area contributed by atoms with Crippen molar-refractivity contribution in [1.82, 2.24) is 9.78 Å². The lowest BCUT2D eigenvalue weighted by atomic mass is 10.1. The van der Waals surface area contributed by atoms with Gasteiger partial charge < -0.3 is 14.5 Å². The number of nitrogens with zero attached hydrogens (tertiary/aromatic N) is 4. The van der Waals surface area contributed by atoms with Crippen molar-refractivity contribution in [3.8, 4) is 0 Å². The van der Waals surface area contributed by atoms with Crippen molar-refractivity contribution in [2.75, 3.05) is 42.6 Å². The van der Waals surface area contributed by atoms with E-state index in [1.165, 1.54) is 12.1 Å². The summed E-state index contributed by atoms with van der Waals surface area (Å²) in [7, 11) is 0. The zero-order chi connectivity index (χ0) is 21.0. The van der Waals surface area contributed by atoms with Gasteiger partial charge in [0.2, 0.25) is 0 Å². The predicted molar refractivity (Wildman–Crippen MR) is 101 cm³/mol. The summed E-state index contributed by atoms with van der Waals surface area (Å²) < 4.78 is 44.7. The Morgan fingerprint density at radius 1 is 1.10 bits per heavy atom. The van der Waals surface area contributed by atoms with Crippen LogP contribution >= 0.6 is 0 Å². The van der Waals surface area contributed by atoms with Crippen LogP contribution in [0.3, 0.4) is 0 Å². The van der Waals surface area contributed by atoms with E-state index in [9.17, 15) is 22.8 Å². The van der Waals surface area contributed by atoms with Gasteiger partial charge in [0.05, 0.1) is 12.2 Å². The molecule has 1 aliphatic heterocycles. The third-order valence-electron chi connectivity index (χ3n) is 4.58. The van der Waals surface area contributed by atoms with Crippen LogP contribution in [0.4, 0.5) is 24.7 Å². The number of carbonyl (C=O) groups excluding carboxylic acids is 1. The van der Waals surface area contributed by atoms with E-state index in [1.807, 2.05) is 9.80 Å². The summed E-state index contributed by atoms with van der Waals surface area (Å²) >= 11 is 0. The second-order valence-corrected chi connectivity index (χ2v) is 6.51. The van der Waals surface area contributed by atoms with E-state index in [0.29, 0.717) is 37.7 Å². The molecule has 0 atom stereocenters. The molecule has 1 aliphatic rings. The highest BCUT2D eigenvalue weighted by molar-refractivity contribution is 5.69. The van der Waals surface area contributed by atoms with E-state index in [-0.39, 0.29) is 13.2 Å². The topological polar surface area (TPSA) is 67.7 Å². The van der Waals surface area contributed by atoms with Crippen LogP contribution in [0.2, 0.25) is 0 Å². The van der Waals surface area contributed by atoms with Crippen molar-refractivity contribution in [3.05, 3.63) is 52.3 Å². The third kappa shape index (κ3) is 5.07. The Kier molecular flexibility index (Phi) is 6.09. The molecule has 0 N–H and O–H groups in total. The standard InChI is InChI=1S/C19H21F3N4O3/c1-2-29-18(28)13-26-17(27)7-6-16(23-26)25-10-8-24(9-11-25)15-5-3-4-14(12-15)19(20,21)22/h3-7,12H,2,8-11,13H2,1H3. The molecule has 10 heteroatoms. The molecule has 156 valence electrons. The van der Waals surface area contributed by atoms with E-state index in [2.05, 4.69) is 5.10 Å². The lowest BCUT2D eigenvalue weighted by molar-refractivity contribution is -0.144. The Labute approximate surface area is 165 Å². The second kappa shape index (κ2) is 8.54. The molecular weight excluding hydrogens is 389 g/mol. The molecule has 3 rings (SSSR count). The summed E-state index contributed by atoms with van der Waals surface area (Å²) in [5.74, 6) is -0.0220. The number of hydrogen-bond donors (Lipinski definition) is 0. The Bertz CT molecular complexity index is 921. The second-order valence-electron chi connectivity index (χ2n) is 6.51. The fourth-order valence-corrected chi connectivity index (χ4v) is 3.12. The Balaban J connectivity index is 1.68. The van der Waals surface area contributed by atoms with Crippen molar-refractivity contribution in [1.29, 1.82) is 0 Å². The number of rotatable bonds is 5. The molecule has 2 aromatic rings. The van der Waals surface area contributed by atoms with E-state index in [4.69, 9.17) is 4.74 Å². The SMILES string of the molecule is CCOC(=O)Cn1nc(N2CCN(c3cccc(C(F)(F)F)c3)CC2)ccc1=O. The van der Waals surface area contributed by atoms with Crippen LogP contribution in [0.1, 0.15) is 12.5 Å². The maximum atomic E-state index is 12.9. The number of esters is 1. The van der Waals surface area contributed by atoms with Gasteiger partial charge in [-0.05, 0) is 31.2 Å². The molecule has 0 spiro atoms. The lowest BCUT2D eigenvalue weighted by Crippen LogP contribution is -2.47. The monoisotopic (exact) mass is 410 g/mol. The Morgan fingerprint density at radius 3 is 2.45 bits per heavy atom. The maximum Gasteiger partial charge on any atom is 0.416 e. The highest BCUT2D eigenvalue weighted by Gasteiger charge is 2.31. The van der Waals surface area contributed by atoms with Crippen molar-refractivity contribution in [3.63, 3.8) is 0 Å². The normalized spacial score (nSPS) is 14.8. The number of hydrogen-bond acceptors (Lipinski definition) is 6. The summed E-state index contributed by atoms with van der Waals surface area (Å²) in [5.41, 5.74) is -0.575. The van der Waals surface area contributed by atoms with Crippen molar-refractivity contribution < 1.29 is 22.7 Å². The first-order valence-electron chi connectivity index (χ1n) is 9.19. The molecule has 7 nitrogen and oxygen atoms in total. The molecule has 2 heterocycles. The van der Waals surface area contributed by atoms with Gasteiger partial charge in [-0.2, -0.15) is 18.3 Å². The smallest absolute Gasteiger partial charge is 0.416 e. The van der Waals surface area contributed by atoms with Gasteiger partial charge >= 0.3 is 12.1 Å². The first-order valence-corrected chi connectivity index (χ1v) is 9.19. The molecule has 1 aromatic heterocycles. The molecule has 1 aromatic carbocycles. The molecule has 1 fully saturated rings. The molecule has 1 saturated heterocycles. The zero-order valence-corrected chi connectivity index (χ0v) is 15.9. The predicted octanol–water partition coefficient (Wildman–Crippen LogP) is 2.15. The van der Waals surface area contributed by atoms with E-state index in [1.54, 1.807) is 19.1 Å². The molecule has 0 radical (unpaired) electrons. The summed E-state index contributed by atoms with van der Waals surface area (Å²) in [6, 6.07) is 8.16. The van der Waals surface area contributed by atoms with Crippen LogP contribution in [0, 0.1) is 0 Å². The van der Waals surface area contributed by atoms with Crippen molar-refractivity contribution >= 4 is 17.5 Å². The largest absolute Gasteiger partial charge is 0.465 e. The van der Waals surface area contributed by atoms with Crippen molar-refractivity contribution in [2.45, 2.75) is 19.6 Å². The van der Waals surface area contributed by atoms with Crippen molar-refractivity contribution in [2.24, 2.45) is 0 Å². The van der Waals surface area contributed by atoms with E-state index < -0.39 is 23.3 Å². The summed E-state index contributed by atoms with van der Waals surface area (Å²) in [4.78, 5) is 27.3. The highest BCUT2D eigenvalue weighted by atomic mass is 19.4. The first-order chi connectivity index (χ1) is 13.8. The number of alkyl halides is 3. The van der Waals surface area contributed by atoms with Gasteiger partial charge in [-0.1, -0.05) is 6.07 Å². The summed E-state index contributed by atoms with van der Waals surface area (Å²) in [6.07, 6.45) is -4.38. The van der Waals surface area contributed by atoms with E-state index >= 15 is 0 Å². The van der Waals surface area contributed by atoms with Gasteiger partial charge in [0.25, 0.3) is 5.56 Å². The van der Waals surface area contributed by atoms with Crippen LogP contribution in [-0.2, 0) is 22.3 Å². The van der Waals surface area contributed by atoms with Crippen LogP contribution < -0.4 is 15.4 Å². The number of aromatic nitrogens is 2. The number of halogens is 3. The van der Waals surface area contributed by atoms with Gasteiger partial charge in [0.1, 0.15) is 12.4 Å². The summed E-state index contributed by atoms with van der Waals surface area (Å²) in [5, 5.41) is 4.22. The number of anilines is 2. The van der Waals surface area contributed by atoms with Gasteiger partial charge in [-0.15, -0.1) is 0 Å². The van der Waals surface area contributed by atoms with Gasteiger partial charge in [0.15, 0.2) is 0 Å². The molecule has 0 bridgehead atoms. The van der Waals surface area contributed by atoms with Gasteiger partial charge in [-0.3, -0.25) is 9.59 Å². The number of ether oxygens (including phenoxy) is 1. The fourth-order valence-electron chi connectivity index (χ4n) is 3.12. The van der Waals surface area contributed by atoms with Crippen LogP contribution in [0.5, 0.6) is 0 Å². The zero-order valence-electron chi connectivity index (χ0n) is 15.9. The fraction of sp³-hybridized carbons (Fsp3) is 0.421. The molecule has 0 amide bonds. The molecule has 29 heavy (non-hydrogen) atoms. The minimum atomic E-state index is -4.38. The van der Waals surface area contributed by atoms with Gasteiger partial charge in [0, 0.05) is 37.9 Å². The minimum Gasteiger partial charge on any atom is -0.465 e. The molecule has 0 unspecified atom stereocenters. The van der Waals surface area contributed by atoms with Gasteiger partial charge in [-0.25, -0.2) is 4.68 Å². The third-order valence-corrected chi connectivity index (χ3v) is 4.58. The maximum absolute atomic E-state index is 12.9. The lowest BCUT2D eigenvalue weighted by Gasteiger charge is -2.36.